The number of thioether (sulfide) groups is 1. The lowest BCUT2D eigenvalue weighted by Crippen LogP contribution is -2.42. The molecule has 8 nitrogen and oxygen atoms in total. The number of likely N-dealkylation sites (tertiary alicyclic amines) is 1. The minimum atomic E-state index is -0.293. The van der Waals surface area contributed by atoms with Crippen LogP contribution >= 0.6 is 23.1 Å². The number of rotatable bonds is 8. The van der Waals surface area contributed by atoms with Gasteiger partial charge in [-0.3, -0.25) is 14.4 Å². The van der Waals surface area contributed by atoms with Crippen molar-refractivity contribution >= 4 is 46.5 Å². The zero-order valence-electron chi connectivity index (χ0n) is 16.6. The van der Waals surface area contributed by atoms with E-state index < -0.39 is 0 Å². The molecule has 2 heterocycles. The SMILES string of the molecule is COc1cccc(NC(=O)CSc2nc(CC(=O)N3CCC(C(N)=O)CC3)cs2)c1. The van der Waals surface area contributed by atoms with Crippen LogP contribution in [0.25, 0.3) is 0 Å². The van der Waals surface area contributed by atoms with E-state index in [1.165, 1.54) is 23.1 Å². The van der Waals surface area contributed by atoms with Gasteiger partial charge in [-0.1, -0.05) is 17.8 Å². The fraction of sp³-hybridized carbons (Fsp3) is 0.400. The van der Waals surface area contributed by atoms with Gasteiger partial charge in [0.2, 0.25) is 17.7 Å². The Labute approximate surface area is 183 Å². The van der Waals surface area contributed by atoms with Gasteiger partial charge in [-0.15, -0.1) is 11.3 Å². The Hall–Kier alpha value is -2.59. The van der Waals surface area contributed by atoms with Crippen LogP contribution in [0.4, 0.5) is 5.69 Å². The predicted octanol–water partition coefficient (Wildman–Crippen LogP) is 2.15. The Balaban J connectivity index is 1.44. The number of carbonyl (C=O) groups is 3. The highest BCUT2D eigenvalue weighted by molar-refractivity contribution is 8.01. The number of ether oxygens (including phenoxy) is 1. The number of nitrogens with two attached hydrogens (primary N) is 1. The second-order valence-electron chi connectivity index (χ2n) is 6.91. The van der Waals surface area contributed by atoms with Crippen molar-refractivity contribution in [3.8, 4) is 5.75 Å². The summed E-state index contributed by atoms with van der Waals surface area (Å²) in [6, 6.07) is 7.16. The molecule has 3 N–H and O–H groups in total. The highest BCUT2D eigenvalue weighted by Gasteiger charge is 2.26. The Morgan fingerprint density at radius 2 is 2.10 bits per heavy atom. The topological polar surface area (TPSA) is 115 Å². The fourth-order valence-corrected chi connectivity index (χ4v) is 4.79. The summed E-state index contributed by atoms with van der Waals surface area (Å²) in [7, 11) is 1.57. The van der Waals surface area contributed by atoms with Crippen molar-refractivity contribution in [2.75, 3.05) is 31.3 Å². The van der Waals surface area contributed by atoms with Crippen molar-refractivity contribution in [1.29, 1.82) is 0 Å². The number of thiazole rings is 1. The third-order valence-electron chi connectivity index (χ3n) is 4.79. The van der Waals surface area contributed by atoms with Crippen LogP contribution in [0.1, 0.15) is 18.5 Å². The number of aromatic nitrogens is 1. The molecule has 1 aliphatic heterocycles. The molecule has 0 bridgehead atoms. The lowest BCUT2D eigenvalue weighted by Gasteiger charge is -2.30. The summed E-state index contributed by atoms with van der Waals surface area (Å²) in [5, 5.41) is 4.67. The Kier molecular flexibility index (Phi) is 7.69. The fourth-order valence-electron chi connectivity index (χ4n) is 3.14. The van der Waals surface area contributed by atoms with Gasteiger partial charge in [0.25, 0.3) is 0 Å². The molecule has 0 spiro atoms. The van der Waals surface area contributed by atoms with Crippen LogP contribution < -0.4 is 15.8 Å². The first-order valence-electron chi connectivity index (χ1n) is 9.53. The number of piperidine rings is 1. The lowest BCUT2D eigenvalue weighted by atomic mass is 9.96. The summed E-state index contributed by atoms with van der Waals surface area (Å²) < 4.78 is 5.88. The minimum Gasteiger partial charge on any atom is -0.497 e. The first-order chi connectivity index (χ1) is 14.4. The number of nitrogens with one attached hydrogen (secondary N) is 1. The molecule has 1 aliphatic rings. The van der Waals surface area contributed by atoms with E-state index in [2.05, 4.69) is 10.3 Å². The molecule has 3 rings (SSSR count). The summed E-state index contributed by atoms with van der Waals surface area (Å²) in [6.07, 6.45) is 1.44. The number of methoxy groups -OCH3 is 1. The van der Waals surface area contributed by atoms with Gasteiger partial charge in [0.05, 0.1) is 25.0 Å². The summed E-state index contributed by atoms with van der Waals surface area (Å²) in [5.74, 6) is 0.319. The molecule has 1 fully saturated rings. The second-order valence-corrected chi connectivity index (χ2v) is 8.99. The maximum Gasteiger partial charge on any atom is 0.234 e. The molecule has 0 aliphatic carbocycles. The number of carbonyl (C=O) groups excluding carboxylic acids is 3. The van der Waals surface area contributed by atoms with E-state index in [9.17, 15) is 14.4 Å². The molecule has 10 heteroatoms. The van der Waals surface area contributed by atoms with Crippen molar-refractivity contribution in [3.63, 3.8) is 0 Å². The highest BCUT2D eigenvalue weighted by Crippen LogP contribution is 2.24. The minimum absolute atomic E-state index is 0.00413. The Morgan fingerprint density at radius 1 is 1.33 bits per heavy atom. The van der Waals surface area contributed by atoms with Gasteiger partial charge in [-0.2, -0.15) is 0 Å². The van der Waals surface area contributed by atoms with Crippen LogP contribution in [0, 0.1) is 5.92 Å². The van der Waals surface area contributed by atoms with Gasteiger partial charge in [0, 0.05) is 36.1 Å². The third-order valence-corrected chi connectivity index (χ3v) is 6.86. The first-order valence-corrected chi connectivity index (χ1v) is 11.4. The third kappa shape index (κ3) is 6.20. The smallest absolute Gasteiger partial charge is 0.234 e. The van der Waals surface area contributed by atoms with Gasteiger partial charge >= 0.3 is 0 Å². The maximum absolute atomic E-state index is 12.5. The molecule has 0 atom stereocenters. The number of anilines is 1. The average molecular weight is 449 g/mol. The summed E-state index contributed by atoms with van der Waals surface area (Å²) in [4.78, 5) is 42.1. The van der Waals surface area contributed by atoms with Crippen LogP contribution in [0.2, 0.25) is 0 Å². The van der Waals surface area contributed by atoms with Gasteiger partial charge in [0.15, 0.2) is 4.34 Å². The molecule has 0 unspecified atom stereocenters. The van der Waals surface area contributed by atoms with E-state index in [0.717, 1.165) is 4.34 Å². The van der Waals surface area contributed by atoms with Crippen molar-refractivity contribution in [1.82, 2.24) is 9.88 Å². The van der Waals surface area contributed by atoms with Crippen molar-refractivity contribution < 1.29 is 19.1 Å². The summed E-state index contributed by atoms with van der Waals surface area (Å²) in [5.41, 5.74) is 6.70. The standard InChI is InChI=1S/C20H24N4O4S2/c1-28-16-4-2-3-14(9-16)22-17(25)12-30-20-23-15(11-29-20)10-18(26)24-7-5-13(6-8-24)19(21)27/h2-4,9,11,13H,5-8,10,12H2,1H3,(H2,21,27)(H,22,25). The van der Waals surface area contributed by atoms with Crippen molar-refractivity contribution in [2.45, 2.75) is 23.6 Å². The van der Waals surface area contributed by atoms with E-state index in [0.29, 0.717) is 43.1 Å². The number of benzene rings is 1. The van der Waals surface area contributed by atoms with Crippen LogP contribution in [0.5, 0.6) is 5.75 Å². The van der Waals surface area contributed by atoms with Gasteiger partial charge in [0.1, 0.15) is 5.75 Å². The van der Waals surface area contributed by atoms with Gasteiger partial charge in [-0.25, -0.2) is 4.98 Å². The number of primary amides is 1. The number of hydrogen-bond acceptors (Lipinski definition) is 7. The van der Waals surface area contributed by atoms with E-state index in [1.807, 2.05) is 17.5 Å². The maximum atomic E-state index is 12.5. The molecule has 30 heavy (non-hydrogen) atoms. The van der Waals surface area contributed by atoms with Gasteiger partial charge in [-0.05, 0) is 25.0 Å². The van der Waals surface area contributed by atoms with Crippen LogP contribution in [0.3, 0.4) is 0 Å². The molecule has 1 saturated heterocycles. The molecule has 1 aromatic heterocycles. The van der Waals surface area contributed by atoms with Crippen molar-refractivity contribution in [2.24, 2.45) is 11.7 Å². The highest BCUT2D eigenvalue weighted by atomic mass is 32.2. The predicted molar refractivity (Wildman–Crippen MR) is 117 cm³/mol. The zero-order valence-corrected chi connectivity index (χ0v) is 18.3. The Bertz CT molecular complexity index is 910. The number of hydrogen-bond donors (Lipinski definition) is 2. The average Bonchev–Trinajstić information content (AvgIpc) is 3.19. The molecule has 160 valence electrons. The molecule has 0 saturated carbocycles. The second kappa shape index (κ2) is 10.4. The number of amides is 3. The zero-order chi connectivity index (χ0) is 21.5. The number of nitrogens with zero attached hydrogens (tertiary/aromatic N) is 2. The molecule has 2 aromatic rings. The molecular weight excluding hydrogens is 424 g/mol. The van der Waals surface area contributed by atoms with Gasteiger partial charge < -0.3 is 20.7 Å². The quantitative estimate of drug-likeness (QED) is 0.598. The molecule has 3 amide bonds. The van der Waals surface area contributed by atoms with Crippen LogP contribution in [0.15, 0.2) is 34.0 Å². The molecule has 1 aromatic carbocycles. The summed E-state index contributed by atoms with van der Waals surface area (Å²) >= 11 is 2.75. The van der Waals surface area contributed by atoms with Crippen molar-refractivity contribution in [3.05, 3.63) is 35.3 Å². The Morgan fingerprint density at radius 3 is 2.80 bits per heavy atom. The van der Waals surface area contributed by atoms with E-state index in [1.54, 1.807) is 24.1 Å². The lowest BCUT2D eigenvalue weighted by molar-refractivity contribution is -0.134. The van der Waals surface area contributed by atoms with E-state index >= 15 is 0 Å². The largest absolute Gasteiger partial charge is 0.497 e. The summed E-state index contributed by atoms with van der Waals surface area (Å²) in [6.45, 7) is 1.09. The molecule has 0 radical (unpaired) electrons. The van der Waals surface area contributed by atoms with Crippen LogP contribution in [-0.2, 0) is 20.8 Å². The van der Waals surface area contributed by atoms with Crippen LogP contribution in [-0.4, -0.2) is 53.6 Å². The van der Waals surface area contributed by atoms with E-state index in [-0.39, 0.29) is 35.8 Å². The normalized spacial score (nSPS) is 14.4. The monoisotopic (exact) mass is 448 g/mol. The first kappa shape index (κ1) is 22.1. The van der Waals surface area contributed by atoms with E-state index in [4.69, 9.17) is 10.5 Å². The molecular formula is C20H24N4O4S2.